The van der Waals surface area contributed by atoms with Crippen LogP contribution in [0.5, 0.6) is 0 Å². The van der Waals surface area contributed by atoms with Crippen molar-refractivity contribution in [2.45, 2.75) is 13.0 Å². The second-order valence-electron chi connectivity index (χ2n) is 5.45. The van der Waals surface area contributed by atoms with E-state index < -0.39 is 0 Å². The van der Waals surface area contributed by atoms with Gasteiger partial charge in [0.15, 0.2) is 0 Å². The highest BCUT2D eigenvalue weighted by molar-refractivity contribution is 7.13. The lowest BCUT2D eigenvalue weighted by atomic mass is 10.2. The molecule has 4 aromatic rings. The molecule has 3 heterocycles. The Kier molecular flexibility index (Phi) is 4.85. The molecule has 0 bridgehead atoms. The number of thiazole rings is 1. The van der Waals surface area contributed by atoms with Gasteiger partial charge in [0.1, 0.15) is 5.01 Å². The summed E-state index contributed by atoms with van der Waals surface area (Å²) in [6, 6.07) is 13.8. The van der Waals surface area contributed by atoms with E-state index in [-0.39, 0.29) is 18.9 Å². The van der Waals surface area contributed by atoms with Gasteiger partial charge in [0.25, 0.3) is 0 Å². The van der Waals surface area contributed by atoms with Crippen molar-refractivity contribution < 1.29 is 9.32 Å². The molecule has 0 unspecified atom stereocenters. The first kappa shape index (κ1) is 16.6. The molecule has 0 radical (unpaired) electrons. The van der Waals surface area contributed by atoms with Gasteiger partial charge in [0.05, 0.1) is 23.5 Å². The molecular weight excluding hydrogens is 368 g/mol. The molecule has 6 nitrogen and oxygen atoms in total. The van der Waals surface area contributed by atoms with Crippen molar-refractivity contribution in [1.82, 2.24) is 20.4 Å². The highest BCUT2D eigenvalue weighted by atomic mass is 32.1. The maximum Gasteiger partial charge on any atom is 0.246 e. The van der Waals surface area contributed by atoms with Crippen LogP contribution >= 0.6 is 22.7 Å². The van der Waals surface area contributed by atoms with E-state index in [0.29, 0.717) is 11.7 Å². The summed E-state index contributed by atoms with van der Waals surface area (Å²) < 4.78 is 5.17. The summed E-state index contributed by atoms with van der Waals surface area (Å²) in [6.07, 6.45) is 0.218. The Morgan fingerprint density at radius 3 is 2.77 bits per heavy atom. The van der Waals surface area contributed by atoms with Gasteiger partial charge in [-0.3, -0.25) is 4.79 Å². The summed E-state index contributed by atoms with van der Waals surface area (Å²) in [7, 11) is 0. The van der Waals surface area contributed by atoms with Gasteiger partial charge < -0.3 is 9.84 Å². The van der Waals surface area contributed by atoms with Crippen molar-refractivity contribution in [3.8, 4) is 21.3 Å². The minimum atomic E-state index is -0.134. The van der Waals surface area contributed by atoms with Crippen LogP contribution in [0.2, 0.25) is 0 Å². The smallest absolute Gasteiger partial charge is 0.246 e. The molecule has 26 heavy (non-hydrogen) atoms. The first-order valence-corrected chi connectivity index (χ1v) is 9.67. The van der Waals surface area contributed by atoms with Gasteiger partial charge >= 0.3 is 0 Å². The number of carbonyl (C=O) groups excluding carboxylic acids is 1. The number of thiophene rings is 1. The quantitative estimate of drug-likeness (QED) is 0.549. The molecule has 0 spiro atoms. The Morgan fingerprint density at radius 1 is 1.08 bits per heavy atom. The molecule has 1 aromatic carbocycles. The number of benzene rings is 1. The van der Waals surface area contributed by atoms with Gasteiger partial charge in [0.2, 0.25) is 17.6 Å². The highest BCUT2D eigenvalue weighted by Gasteiger charge is 2.12. The Morgan fingerprint density at radius 2 is 1.96 bits per heavy atom. The Labute approximate surface area is 157 Å². The average molecular weight is 382 g/mol. The van der Waals surface area contributed by atoms with E-state index in [2.05, 4.69) is 20.4 Å². The van der Waals surface area contributed by atoms with E-state index in [1.54, 1.807) is 0 Å². The normalized spacial score (nSPS) is 10.8. The summed E-state index contributed by atoms with van der Waals surface area (Å²) >= 11 is 3.07. The lowest BCUT2D eigenvalue weighted by Crippen LogP contribution is -2.24. The second kappa shape index (κ2) is 7.59. The molecule has 1 N–H and O–H groups in total. The Hall–Kier alpha value is -2.84. The predicted octanol–water partition coefficient (Wildman–Crippen LogP) is 3.78. The number of nitrogens with one attached hydrogen (secondary N) is 1. The number of aromatic nitrogens is 3. The topological polar surface area (TPSA) is 80.9 Å². The second-order valence-corrected chi connectivity index (χ2v) is 7.26. The van der Waals surface area contributed by atoms with Crippen molar-refractivity contribution >= 4 is 28.6 Å². The highest BCUT2D eigenvalue weighted by Crippen LogP contribution is 2.23. The van der Waals surface area contributed by atoms with Crippen LogP contribution < -0.4 is 5.32 Å². The van der Waals surface area contributed by atoms with Crippen molar-refractivity contribution in [2.75, 3.05) is 0 Å². The maximum absolute atomic E-state index is 12.1. The van der Waals surface area contributed by atoms with Crippen LogP contribution in [0, 0.1) is 0 Å². The maximum atomic E-state index is 12.1. The number of hydrogen-bond donors (Lipinski definition) is 1. The monoisotopic (exact) mass is 382 g/mol. The lowest BCUT2D eigenvalue weighted by Gasteiger charge is -2.00. The number of rotatable bonds is 6. The van der Waals surface area contributed by atoms with Crippen LogP contribution in [0.3, 0.4) is 0 Å². The minimum absolute atomic E-state index is 0.134. The zero-order valence-corrected chi connectivity index (χ0v) is 15.2. The first-order chi connectivity index (χ1) is 12.8. The molecular formula is C18H14N4O2S2. The summed E-state index contributed by atoms with van der Waals surface area (Å²) in [5, 5.41) is 11.5. The van der Waals surface area contributed by atoms with Crippen LogP contribution in [0.4, 0.5) is 0 Å². The van der Waals surface area contributed by atoms with Crippen LogP contribution in [0.15, 0.2) is 57.7 Å². The van der Waals surface area contributed by atoms with Crippen molar-refractivity contribution in [3.63, 3.8) is 0 Å². The van der Waals surface area contributed by atoms with Crippen LogP contribution in [-0.4, -0.2) is 21.0 Å². The van der Waals surface area contributed by atoms with Crippen LogP contribution in [-0.2, 0) is 17.8 Å². The third kappa shape index (κ3) is 3.87. The fourth-order valence-electron chi connectivity index (χ4n) is 2.34. The first-order valence-electron chi connectivity index (χ1n) is 7.91. The molecule has 3 aromatic heterocycles. The number of amides is 1. The van der Waals surface area contributed by atoms with Crippen molar-refractivity contribution in [1.29, 1.82) is 0 Å². The summed E-state index contributed by atoms with van der Waals surface area (Å²) in [5.41, 5.74) is 1.80. The zero-order chi connectivity index (χ0) is 17.8. The third-order valence-corrected chi connectivity index (χ3v) is 5.37. The fraction of sp³-hybridized carbons (Fsp3) is 0.111. The fourth-order valence-corrected chi connectivity index (χ4v) is 3.81. The Balaban J connectivity index is 1.33. The molecule has 0 fully saturated rings. The van der Waals surface area contributed by atoms with Gasteiger partial charge in [-0.05, 0) is 11.4 Å². The van der Waals surface area contributed by atoms with Crippen LogP contribution in [0.25, 0.3) is 21.3 Å². The van der Waals surface area contributed by atoms with E-state index >= 15 is 0 Å². The summed E-state index contributed by atoms with van der Waals surface area (Å²) in [4.78, 5) is 21.9. The van der Waals surface area contributed by atoms with Crippen molar-refractivity contribution in [2.24, 2.45) is 0 Å². The molecule has 0 aliphatic heterocycles. The van der Waals surface area contributed by atoms with Gasteiger partial charge in [-0.25, -0.2) is 4.98 Å². The minimum Gasteiger partial charge on any atom is -0.347 e. The number of hydrogen-bond acceptors (Lipinski definition) is 7. The average Bonchev–Trinajstić information content (AvgIpc) is 3.41. The predicted molar refractivity (Wildman–Crippen MR) is 101 cm³/mol. The van der Waals surface area contributed by atoms with E-state index in [0.717, 1.165) is 21.1 Å². The molecule has 0 aliphatic carbocycles. The molecule has 8 heteroatoms. The molecule has 0 atom stereocenters. The van der Waals surface area contributed by atoms with Crippen LogP contribution in [0.1, 0.15) is 11.6 Å². The molecule has 1 amide bonds. The number of carbonyl (C=O) groups is 1. The number of nitrogens with zero attached hydrogens (tertiary/aromatic N) is 3. The Bertz CT molecular complexity index is 993. The standard InChI is InChI=1S/C18H14N4O2S2/c23-15(9-13-11-26-18(20-13)12-5-2-1-3-6-12)19-10-16-21-17(22-24-16)14-7-4-8-25-14/h1-8,11H,9-10H2,(H,19,23). The van der Waals surface area contributed by atoms with Gasteiger partial charge in [-0.2, -0.15) is 4.98 Å². The van der Waals surface area contributed by atoms with E-state index in [4.69, 9.17) is 4.52 Å². The van der Waals surface area contributed by atoms with E-state index in [9.17, 15) is 4.79 Å². The third-order valence-electron chi connectivity index (χ3n) is 3.56. The molecule has 0 saturated heterocycles. The lowest BCUT2D eigenvalue weighted by molar-refractivity contribution is -0.120. The largest absolute Gasteiger partial charge is 0.347 e. The molecule has 0 aliphatic rings. The van der Waals surface area contributed by atoms with Crippen molar-refractivity contribution in [3.05, 3.63) is 64.8 Å². The van der Waals surface area contributed by atoms with Gasteiger partial charge in [-0.1, -0.05) is 41.6 Å². The zero-order valence-electron chi connectivity index (χ0n) is 13.6. The molecule has 130 valence electrons. The molecule has 4 rings (SSSR count). The van der Waals surface area contributed by atoms with Gasteiger partial charge in [-0.15, -0.1) is 22.7 Å². The summed E-state index contributed by atoms with van der Waals surface area (Å²) in [5.74, 6) is 0.784. The van der Waals surface area contributed by atoms with E-state index in [1.165, 1.54) is 22.7 Å². The van der Waals surface area contributed by atoms with Gasteiger partial charge in [0, 0.05) is 10.9 Å². The van der Waals surface area contributed by atoms with E-state index in [1.807, 2.05) is 53.2 Å². The SMILES string of the molecule is O=C(Cc1csc(-c2ccccc2)n1)NCc1nc(-c2cccs2)no1. The molecule has 0 saturated carbocycles. The summed E-state index contributed by atoms with van der Waals surface area (Å²) in [6.45, 7) is 0.201.